The van der Waals surface area contributed by atoms with Gasteiger partial charge in [0.25, 0.3) is 0 Å². The van der Waals surface area contributed by atoms with Crippen molar-refractivity contribution in [1.82, 2.24) is 5.32 Å². The second-order valence-electron chi connectivity index (χ2n) is 6.24. The van der Waals surface area contributed by atoms with Crippen molar-refractivity contribution in [3.63, 3.8) is 0 Å². The van der Waals surface area contributed by atoms with Crippen molar-refractivity contribution in [2.24, 2.45) is 0 Å². The lowest BCUT2D eigenvalue weighted by atomic mass is 10.1. The van der Waals surface area contributed by atoms with E-state index in [4.69, 9.17) is 28.4 Å². The van der Waals surface area contributed by atoms with Crippen LogP contribution in [0, 0.1) is 0 Å². The van der Waals surface area contributed by atoms with E-state index in [0.29, 0.717) is 78.6 Å². The molecule has 0 aromatic rings. The summed E-state index contributed by atoms with van der Waals surface area (Å²) in [5.74, 6) is -0.173. The number of hydrogen-bond donors (Lipinski definition) is 1. The fourth-order valence-corrected chi connectivity index (χ4v) is 2.49. The molecular weight excluding hydrogens is 354 g/mol. The smallest absolute Gasteiger partial charge is 0.305 e. The Morgan fingerprint density at radius 1 is 0.778 bits per heavy atom. The van der Waals surface area contributed by atoms with Gasteiger partial charge in [-0.1, -0.05) is 6.92 Å². The molecule has 27 heavy (non-hydrogen) atoms. The third-order valence-corrected chi connectivity index (χ3v) is 3.93. The van der Waals surface area contributed by atoms with Gasteiger partial charge in [-0.05, 0) is 32.4 Å². The molecule has 1 saturated heterocycles. The Morgan fingerprint density at radius 3 is 1.78 bits per heavy atom. The SMILES string of the molecule is CCCC(=O)OCCOCCOCCOCCOCCOC1CCNCC1. The van der Waals surface area contributed by atoms with E-state index in [1.54, 1.807) is 0 Å². The first-order chi connectivity index (χ1) is 13.3. The summed E-state index contributed by atoms with van der Waals surface area (Å²) >= 11 is 0. The summed E-state index contributed by atoms with van der Waals surface area (Å²) < 4.78 is 32.3. The quantitative estimate of drug-likeness (QED) is 0.275. The Labute approximate surface area is 163 Å². The van der Waals surface area contributed by atoms with Crippen molar-refractivity contribution in [1.29, 1.82) is 0 Å². The fraction of sp³-hybridized carbons (Fsp3) is 0.947. The molecule has 1 heterocycles. The number of carbonyl (C=O) groups is 1. The molecule has 8 heteroatoms. The van der Waals surface area contributed by atoms with Crippen molar-refractivity contribution in [3.8, 4) is 0 Å². The predicted molar refractivity (Wildman–Crippen MR) is 101 cm³/mol. The lowest BCUT2D eigenvalue weighted by Crippen LogP contribution is -2.33. The first-order valence-corrected chi connectivity index (χ1v) is 10.1. The number of piperidine rings is 1. The van der Waals surface area contributed by atoms with Crippen LogP contribution in [0.3, 0.4) is 0 Å². The van der Waals surface area contributed by atoms with Gasteiger partial charge < -0.3 is 33.7 Å². The topological polar surface area (TPSA) is 84.5 Å². The van der Waals surface area contributed by atoms with Gasteiger partial charge in [-0.2, -0.15) is 0 Å². The van der Waals surface area contributed by atoms with Crippen LogP contribution in [-0.4, -0.2) is 91.2 Å². The normalized spacial score (nSPS) is 15.1. The van der Waals surface area contributed by atoms with Gasteiger partial charge in [0, 0.05) is 6.42 Å². The number of nitrogens with one attached hydrogen (secondary N) is 1. The molecule has 8 nitrogen and oxygen atoms in total. The molecule has 1 rings (SSSR count). The minimum Gasteiger partial charge on any atom is -0.463 e. The van der Waals surface area contributed by atoms with E-state index >= 15 is 0 Å². The molecule has 0 aliphatic carbocycles. The maximum atomic E-state index is 11.1. The van der Waals surface area contributed by atoms with E-state index in [2.05, 4.69) is 5.32 Å². The van der Waals surface area contributed by atoms with Gasteiger partial charge >= 0.3 is 5.97 Å². The van der Waals surface area contributed by atoms with Gasteiger partial charge in [0.1, 0.15) is 6.61 Å². The lowest BCUT2D eigenvalue weighted by molar-refractivity contribution is -0.145. The number of hydrogen-bond acceptors (Lipinski definition) is 8. The highest BCUT2D eigenvalue weighted by Crippen LogP contribution is 2.06. The monoisotopic (exact) mass is 391 g/mol. The number of esters is 1. The summed E-state index contributed by atoms with van der Waals surface area (Å²) in [6.45, 7) is 9.12. The van der Waals surface area contributed by atoms with Gasteiger partial charge in [0.15, 0.2) is 0 Å². The average Bonchev–Trinajstić information content (AvgIpc) is 2.68. The lowest BCUT2D eigenvalue weighted by Gasteiger charge is -2.22. The van der Waals surface area contributed by atoms with Crippen LogP contribution in [0.25, 0.3) is 0 Å². The second kappa shape index (κ2) is 18.6. The number of ether oxygens (including phenoxy) is 6. The standard InChI is InChI=1S/C19H37NO7/c1-2-3-19(21)27-17-15-25-13-11-23-9-8-22-10-12-24-14-16-26-18-4-6-20-7-5-18/h18,20H,2-17H2,1H3. The Hall–Kier alpha value is -0.770. The Bertz CT molecular complexity index is 338. The minimum atomic E-state index is -0.173. The second-order valence-corrected chi connectivity index (χ2v) is 6.24. The third kappa shape index (κ3) is 15.9. The molecule has 0 unspecified atom stereocenters. The molecule has 0 aromatic heterocycles. The van der Waals surface area contributed by atoms with Crippen LogP contribution in [-0.2, 0) is 33.2 Å². The molecule has 0 saturated carbocycles. The highest BCUT2D eigenvalue weighted by molar-refractivity contribution is 5.69. The van der Waals surface area contributed by atoms with Crippen molar-refractivity contribution >= 4 is 5.97 Å². The summed E-state index contributed by atoms with van der Waals surface area (Å²) in [4.78, 5) is 11.1. The van der Waals surface area contributed by atoms with Gasteiger partial charge in [0.05, 0.1) is 65.6 Å². The molecule has 0 spiro atoms. The molecule has 0 radical (unpaired) electrons. The molecular formula is C19H37NO7. The van der Waals surface area contributed by atoms with Crippen LogP contribution in [0.5, 0.6) is 0 Å². The molecule has 160 valence electrons. The van der Waals surface area contributed by atoms with Crippen molar-refractivity contribution in [2.75, 3.05) is 79.2 Å². The first-order valence-electron chi connectivity index (χ1n) is 10.1. The molecule has 0 aromatic carbocycles. The van der Waals surface area contributed by atoms with Gasteiger partial charge in [-0.25, -0.2) is 0 Å². The zero-order valence-corrected chi connectivity index (χ0v) is 16.7. The maximum Gasteiger partial charge on any atom is 0.305 e. The van der Waals surface area contributed by atoms with E-state index in [0.717, 1.165) is 32.4 Å². The minimum absolute atomic E-state index is 0.173. The predicted octanol–water partition coefficient (Wildman–Crippen LogP) is 1.16. The summed E-state index contributed by atoms with van der Waals surface area (Å²) in [6.07, 6.45) is 3.80. The number of rotatable bonds is 18. The molecule has 1 N–H and O–H groups in total. The molecule has 1 aliphatic heterocycles. The van der Waals surface area contributed by atoms with Gasteiger partial charge in [-0.3, -0.25) is 4.79 Å². The summed E-state index contributed by atoms with van der Waals surface area (Å²) in [5, 5.41) is 3.32. The Morgan fingerprint density at radius 2 is 1.26 bits per heavy atom. The van der Waals surface area contributed by atoms with Crippen LogP contribution in [0.1, 0.15) is 32.6 Å². The van der Waals surface area contributed by atoms with E-state index in [1.807, 2.05) is 6.92 Å². The Balaban J connectivity index is 1.68. The molecule has 1 aliphatic rings. The fourth-order valence-electron chi connectivity index (χ4n) is 2.49. The van der Waals surface area contributed by atoms with Crippen LogP contribution < -0.4 is 5.32 Å². The summed E-state index contributed by atoms with van der Waals surface area (Å²) in [6, 6.07) is 0. The largest absolute Gasteiger partial charge is 0.463 e. The first kappa shape index (κ1) is 24.3. The zero-order valence-electron chi connectivity index (χ0n) is 16.7. The highest BCUT2D eigenvalue weighted by Gasteiger charge is 2.12. The summed E-state index contributed by atoms with van der Waals surface area (Å²) in [7, 11) is 0. The van der Waals surface area contributed by atoms with Gasteiger partial charge in [0.2, 0.25) is 0 Å². The van der Waals surface area contributed by atoms with E-state index in [-0.39, 0.29) is 5.97 Å². The Kier molecular flexibility index (Phi) is 16.7. The average molecular weight is 392 g/mol. The zero-order chi connectivity index (χ0) is 19.4. The molecule has 0 atom stereocenters. The van der Waals surface area contributed by atoms with E-state index < -0.39 is 0 Å². The summed E-state index contributed by atoms with van der Waals surface area (Å²) in [5.41, 5.74) is 0. The van der Waals surface area contributed by atoms with Crippen LogP contribution >= 0.6 is 0 Å². The van der Waals surface area contributed by atoms with Crippen LogP contribution in [0.15, 0.2) is 0 Å². The highest BCUT2D eigenvalue weighted by atomic mass is 16.6. The third-order valence-electron chi connectivity index (χ3n) is 3.93. The van der Waals surface area contributed by atoms with E-state index in [9.17, 15) is 4.79 Å². The number of carbonyl (C=O) groups excluding carboxylic acids is 1. The van der Waals surface area contributed by atoms with Crippen molar-refractivity contribution < 1.29 is 33.2 Å². The van der Waals surface area contributed by atoms with Gasteiger partial charge in [-0.15, -0.1) is 0 Å². The van der Waals surface area contributed by atoms with Crippen LogP contribution in [0.4, 0.5) is 0 Å². The molecule has 1 fully saturated rings. The maximum absolute atomic E-state index is 11.1. The molecule has 0 bridgehead atoms. The molecule has 0 amide bonds. The van der Waals surface area contributed by atoms with E-state index in [1.165, 1.54) is 0 Å². The van der Waals surface area contributed by atoms with Crippen molar-refractivity contribution in [2.45, 2.75) is 38.7 Å². The van der Waals surface area contributed by atoms with Crippen molar-refractivity contribution in [3.05, 3.63) is 0 Å². The van der Waals surface area contributed by atoms with Crippen LogP contribution in [0.2, 0.25) is 0 Å².